The second kappa shape index (κ2) is 10.5. The minimum Gasteiger partial charge on any atom is -0.392 e. The second-order valence-corrected chi connectivity index (χ2v) is 8.48. The van der Waals surface area contributed by atoms with Gasteiger partial charge >= 0.3 is 0 Å². The van der Waals surface area contributed by atoms with E-state index >= 15 is 0 Å². The number of piperazine rings is 1. The van der Waals surface area contributed by atoms with Crippen LogP contribution in [0.1, 0.15) is 39.1 Å². The smallest absolute Gasteiger partial charge is 0.254 e. The van der Waals surface area contributed by atoms with Gasteiger partial charge in [-0.15, -0.1) is 0 Å². The first kappa shape index (κ1) is 23.4. The van der Waals surface area contributed by atoms with E-state index in [1.165, 1.54) is 4.90 Å². The molecule has 2 fully saturated rings. The highest BCUT2D eigenvalue weighted by Gasteiger charge is 2.39. The van der Waals surface area contributed by atoms with E-state index in [9.17, 15) is 24.3 Å². The molecule has 2 atom stereocenters. The van der Waals surface area contributed by atoms with Gasteiger partial charge in [-0.25, -0.2) is 0 Å². The van der Waals surface area contributed by atoms with E-state index in [-0.39, 0.29) is 44.0 Å². The van der Waals surface area contributed by atoms with Crippen LogP contribution in [0.15, 0.2) is 54.6 Å². The van der Waals surface area contributed by atoms with E-state index in [1.54, 1.807) is 53.4 Å². The number of hydrogen-bond donors (Lipinski definition) is 3. The number of rotatable bonds is 5. The Morgan fingerprint density at radius 3 is 2.35 bits per heavy atom. The highest BCUT2D eigenvalue weighted by molar-refractivity contribution is 6.00. The van der Waals surface area contributed by atoms with E-state index in [0.717, 1.165) is 6.42 Å². The van der Waals surface area contributed by atoms with Gasteiger partial charge in [0.05, 0.1) is 13.2 Å². The van der Waals surface area contributed by atoms with Crippen molar-refractivity contribution in [1.82, 2.24) is 20.4 Å². The third-order valence-corrected chi connectivity index (χ3v) is 6.24. The van der Waals surface area contributed by atoms with E-state index in [2.05, 4.69) is 10.6 Å². The monoisotopic (exact) mass is 464 g/mol. The number of nitrogens with zero attached hydrogens (tertiary/aromatic N) is 2. The predicted molar refractivity (Wildman–Crippen MR) is 124 cm³/mol. The van der Waals surface area contributed by atoms with Crippen molar-refractivity contribution in [3.8, 4) is 0 Å². The zero-order chi connectivity index (χ0) is 24.1. The number of nitrogens with one attached hydrogen (secondary N) is 2. The minimum atomic E-state index is -0.943. The lowest BCUT2D eigenvalue weighted by Gasteiger charge is -2.41. The molecule has 0 radical (unpaired) electrons. The van der Waals surface area contributed by atoms with Crippen LogP contribution in [0.3, 0.4) is 0 Å². The summed E-state index contributed by atoms with van der Waals surface area (Å²) in [4.78, 5) is 54.9. The zero-order valence-corrected chi connectivity index (χ0v) is 18.8. The van der Waals surface area contributed by atoms with Crippen molar-refractivity contribution < 1.29 is 24.3 Å². The minimum absolute atomic E-state index is 0.0222. The number of carbonyl (C=O) groups is 4. The standard InChI is InChI=1S/C25H28N4O5/c30-16-17-8-10-19(11-9-17)25(34)29-14-13-28(24(33)18-5-2-1-3-6-18)15-21(29)23(32)27-20-7-4-12-26-22(20)31/h1-3,5-6,8-11,20-21,30H,4,7,12-16H2,(H,26,31)(H,27,32). The van der Waals surface area contributed by atoms with Crippen LogP contribution in [0.25, 0.3) is 0 Å². The summed E-state index contributed by atoms with van der Waals surface area (Å²) in [6.45, 7) is 0.913. The Kier molecular flexibility index (Phi) is 7.22. The van der Waals surface area contributed by atoms with Crippen LogP contribution in [0.2, 0.25) is 0 Å². The Morgan fingerprint density at radius 2 is 1.68 bits per heavy atom. The van der Waals surface area contributed by atoms with Gasteiger partial charge in [-0.05, 0) is 42.7 Å². The van der Waals surface area contributed by atoms with Crippen molar-refractivity contribution in [1.29, 1.82) is 0 Å². The molecule has 0 saturated carbocycles. The summed E-state index contributed by atoms with van der Waals surface area (Å²) in [7, 11) is 0. The number of amides is 4. The summed E-state index contributed by atoms with van der Waals surface area (Å²) in [6.07, 6.45) is 1.27. The Hall–Kier alpha value is -3.72. The van der Waals surface area contributed by atoms with Crippen molar-refractivity contribution in [2.24, 2.45) is 0 Å². The summed E-state index contributed by atoms with van der Waals surface area (Å²) in [6, 6.07) is 13.7. The first-order chi connectivity index (χ1) is 16.5. The van der Waals surface area contributed by atoms with Crippen LogP contribution in [0, 0.1) is 0 Å². The van der Waals surface area contributed by atoms with Gasteiger partial charge in [0.1, 0.15) is 12.1 Å². The molecular weight excluding hydrogens is 436 g/mol. The molecule has 3 N–H and O–H groups in total. The summed E-state index contributed by atoms with van der Waals surface area (Å²) in [5.74, 6) is -1.27. The number of benzene rings is 2. The zero-order valence-electron chi connectivity index (χ0n) is 18.8. The lowest BCUT2D eigenvalue weighted by atomic mass is 10.0. The maximum absolute atomic E-state index is 13.3. The molecule has 2 aliphatic rings. The van der Waals surface area contributed by atoms with Crippen LogP contribution in [0.4, 0.5) is 0 Å². The van der Waals surface area contributed by atoms with Crippen molar-refractivity contribution in [2.45, 2.75) is 31.5 Å². The molecule has 2 heterocycles. The summed E-state index contributed by atoms with van der Waals surface area (Å²) in [5.41, 5.74) is 1.56. The summed E-state index contributed by atoms with van der Waals surface area (Å²) >= 11 is 0. The number of carbonyl (C=O) groups excluding carboxylic acids is 4. The third kappa shape index (κ3) is 5.09. The number of hydrogen-bond acceptors (Lipinski definition) is 5. The van der Waals surface area contributed by atoms with Gasteiger partial charge in [0, 0.05) is 30.8 Å². The lowest BCUT2D eigenvalue weighted by molar-refractivity contribution is -0.133. The Morgan fingerprint density at radius 1 is 0.971 bits per heavy atom. The molecule has 9 nitrogen and oxygen atoms in total. The molecule has 34 heavy (non-hydrogen) atoms. The van der Waals surface area contributed by atoms with Gasteiger partial charge in [0.15, 0.2) is 0 Å². The van der Waals surface area contributed by atoms with Gasteiger partial charge in [-0.2, -0.15) is 0 Å². The molecular formula is C25H28N4O5. The molecule has 2 aliphatic heterocycles. The molecule has 2 aromatic rings. The highest BCUT2D eigenvalue weighted by Crippen LogP contribution is 2.18. The number of piperidine rings is 1. The van der Waals surface area contributed by atoms with Crippen molar-refractivity contribution >= 4 is 23.6 Å². The molecule has 4 amide bonds. The van der Waals surface area contributed by atoms with Gasteiger partial charge < -0.3 is 25.5 Å². The van der Waals surface area contributed by atoms with Gasteiger partial charge in [-0.3, -0.25) is 19.2 Å². The predicted octanol–water partition coefficient (Wildman–Crippen LogP) is 0.541. The first-order valence-corrected chi connectivity index (χ1v) is 11.4. The molecule has 2 saturated heterocycles. The lowest BCUT2D eigenvalue weighted by Crippen LogP contribution is -2.63. The maximum Gasteiger partial charge on any atom is 0.254 e. The Bertz CT molecular complexity index is 1060. The maximum atomic E-state index is 13.3. The fourth-order valence-electron chi connectivity index (χ4n) is 4.29. The van der Waals surface area contributed by atoms with Crippen LogP contribution in [-0.4, -0.2) is 76.8 Å². The summed E-state index contributed by atoms with van der Waals surface area (Å²) < 4.78 is 0. The topological polar surface area (TPSA) is 119 Å². The van der Waals surface area contributed by atoms with Crippen molar-refractivity contribution in [3.63, 3.8) is 0 Å². The van der Waals surface area contributed by atoms with Crippen molar-refractivity contribution in [2.75, 3.05) is 26.2 Å². The normalized spacial score (nSPS) is 20.4. The molecule has 2 unspecified atom stereocenters. The second-order valence-electron chi connectivity index (χ2n) is 8.48. The highest BCUT2D eigenvalue weighted by atomic mass is 16.3. The molecule has 2 aromatic carbocycles. The number of aliphatic hydroxyl groups excluding tert-OH is 1. The van der Waals surface area contributed by atoms with Crippen LogP contribution < -0.4 is 10.6 Å². The van der Waals surface area contributed by atoms with Gasteiger partial charge in [0.25, 0.3) is 11.8 Å². The van der Waals surface area contributed by atoms with E-state index < -0.39 is 18.0 Å². The SMILES string of the molecule is O=C1NCCCC1NC(=O)C1CN(C(=O)c2ccccc2)CCN1C(=O)c1ccc(CO)cc1. The van der Waals surface area contributed by atoms with E-state index in [4.69, 9.17) is 0 Å². The van der Waals surface area contributed by atoms with Crippen LogP contribution in [-0.2, 0) is 16.2 Å². The number of aliphatic hydroxyl groups is 1. The first-order valence-electron chi connectivity index (χ1n) is 11.4. The van der Waals surface area contributed by atoms with E-state index in [1.807, 2.05) is 6.07 Å². The summed E-state index contributed by atoms with van der Waals surface area (Å²) in [5, 5.41) is 14.8. The van der Waals surface area contributed by atoms with Crippen LogP contribution in [0.5, 0.6) is 0 Å². The van der Waals surface area contributed by atoms with E-state index in [0.29, 0.717) is 29.7 Å². The van der Waals surface area contributed by atoms with Gasteiger partial charge in [0.2, 0.25) is 11.8 Å². The molecule has 4 rings (SSSR count). The average molecular weight is 465 g/mol. The molecule has 9 heteroatoms. The molecule has 178 valence electrons. The molecule has 0 spiro atoms. The van der Waals surface area contributed by atoms with Crippen molar-refractivity contribution in [3.05, 3.63) is 71.3 Å². The van der Waals surface area contributed by atoms with Crippen LogP contribution >= 0.6 is 0 Å². The third-order valence-electron chi connectivity index (χ3n) is 6.24. The Balaban J connectivity index is 1.56. The molecule has 0 bridgehead atoms. The largest absolute Gasteiger partial charge is 0.392 e. The average Bonchev–Trinajstić information content (AvgIpc) is 2.89. The molecule has 0 aromatic heterocycles. The fraction of sp³-hybridized carbons (Fsp3) is 0.360. The quantitative estimate of drug-likeness (QED) is 0.597. The Labute approximate surface area is 197 Å². The molecule has 0 aliphatic carbocycles. The van der Waals surface area contributed by atoms with Gasteiger partial charge in [-0.1, -0.05) is 30.3 Å². The fourth-order valence-corrected chi connectivity index (χ4v) is 4.29.